The van der Waals surface area contributed by atoms with Crippen molar-refractivity contribution in [2.45, 2.75) is 6.92 Å². The van der Waals surface area contributed by atoms with E-state index in [4.69, 9.17) is 9.47 Å². The van der Waals surface area contributed by atoms with Crippen LogP contribution in [0, 0.1) is 6.92 Å². The minimum absolute atomic E-state index is 0.320. The molecule has 1 aromatic carbocycles. The Morgan fingerprint density at radius 1 is 1.11 bits per heavy atom. The van der Waals surface area contributed by atoms with Crippen molar-refractivity contribution < 1.29 is 14.3 Å². The predicted molar refractivity (Wildman–Crippen MR) is 68.4 cm³/mol. The molecule has 0 aliphatic rings. The summed E-state index contributed by atoms with van der Waals surface area (Å²) in [6.07, 6.45) is 1.85. The first-order valence-electron chi connectivity index (χ1n) is 5.58. The van der Waals surface area contributed by atoms with Gasteiger partial charge in [0.05, 0.1) is 19.8 Å². The third kappa shape index (κ3) is 2.09. The molecule has 2 rings (SSSR count). The van der Waals surface area contributed by atoms with E-state index in [1.54, 1.807) is 13.2 Å². The van der Waals surface area contributed by atoms with Crippen LogP contribution < -0.4 is 4.74 Å². The average Bonchev–Trinajstić information content (AvgIpc) is 2.80. The largest absolute Gasteiger partial charge is 0.497 e. The number of nitrogens with zero attached hydrogens (tertiary/aromatic N) is 1. The maximum absolute atomic E-state index is 11.5. The molecule has 0 saturated carbocycles. The van der Waals surface area contributed by atoms with Crippen LogP contribution in [0.25, 0.3) is 5.69 Å². The summed E-state index contributed by atoms with van der Waals surface area (Å²) >= 11 is 0. The molecule has 4 heteroatoms. The Morgan fingerprint density at radius 2 is 1.78 bits per heavy atom. The summed E-state index contributed by atoms with van der Waals surface area (Å²) in [6.45, 7) is 1.89. The summed E-state index contributed by atoms with van der Waals surface area (Å²) in [4.78, 5) is 11.5. The summed E-state index contributed by atoms with van der Waals surface area (Å²) in [5.41, 5.74) is 2.41. The van der Waals surface area contributed by atoms with E-state index in [1.165, 1.54) is 7.11 Å². The van der Waals surface area contributed by atoms with Gasteiger partial charge in [-0.05, 0) is 37.3 Å². The summed E-state index contributed by atoms with van der Waals surface area (Å²) in [6, 6.07) is 9.39. The lowest BCUT2D eigenvalue weighted by Gasteiger charge is -2.08. The van der Waals surface area contributed by atoms with E-state index < -0.39 is 0 Å². The van der Waals surface area contributed by atoms with Crippen molar-refractivity contribution >= 4 is 5.97 Å². The topological polar surface area (TPSA) is 40.5 Å². The summed E-state index contributed by atoms with van der Waals surface area (Å²) in [5, 5.41) is 0. The fourth-order valence-electron chi connectivity index (χ4n) is 1.86. The number of carbonyl (C=O) groups excluding carboxylic acids is 1. The summed E-state index contributed by atoms with van der Waals surface area (Å²) in [5.74, 6) is 0.483. The van der Waals surface area contributed by atoms with E-state index in [-0.39, 0.29) is 5.97 Å². The highest BCUT2D eigenvalue weighted by Crippen LogP contribution is 2.19. The van der Waals surface area contributed by atoms with Crippen molar-refractivity contribution in [2.75, 3.05) is 14.2 Å². The van der Waals surface area contributed by atoms with Crippen LogP contribution in [0.4, 0.5) is 0 Å². The lowest BCUT2D eigenvalue weighted by molar-refractivity contribution is 0.0600. The maximum Gasteiger partial charge on any atom is 0.339 e. The minimum Gasteiger partial charge on any atom is -0.497 e. The highest BCUT2D eigenvalue weighted by Gasteiger charge is 2.13. The molecule has 0 saturated heterocycles. The third-order valence-corrected chi connectivity index (χ3v) is 2.90. The summed E-state index contributed by atoms with van der Waals surface area (Å²) in [7, 11) is 3.01. The fraction of sp³-hybridized carbons (Fsp3) is 0.214. The van der Waals surface area contributed by atoms with Gasteiger partial charge in [-0.15, -0.1) is 0 Å². The Hall–Kier alpha value is -2.23. The molecule has 1 heterocycles. The van der Waals surface area contributed by atoms with Crippen LogP contribution in [0.5, 0.6) is 5.75 Å². The van der Waals surface area contributed by atoms with E-state index in [0.717, 1.165) is 17.1 Å². The Morgan fingerprint density at radius 3 is 2.33 bits per heavy atom. The minimum atomic E-state index is -0.320. The quantitative estimate of drug-likeness (QED) is 0.780. The molecule has 18 heavy (non-hydrogen) atoms. The summed E-state index contributed by atoms with van der Waals surface area (Å²) < 4.78 is 11.8. The van der Waals surface area contributed by atoms with Gasteiger partial charge in [0, 0.05) is 17.6 Å². The molecule has 1 aromatic heterocycles. The molecule has 0 spiro atoms. The SMILES string of the molecule is COC(=O)c1ccn(-c2ccc(OC)cc2)c1C. The lowest BCUT2D eigenvalue weighted by Crippen LogP contribution is -2.04. The number of aromatic nitrogens is 1. The van der Waals surface area contributed by atoms with E-state index in [0.29, 0.717) is 5.56 Å². The normalized spacial score (nSPS) is 10.2. The van der Waals surface area contributed by atoms with Gasteiger partial charge in [0.2, 0.25) is 0 Å². The van der Waals surface area contributed by atoms with E-state index in [1.807, 2.05) is 42.0 Å². The number of esters is 1. The maximum atomic E-state index is 11.5. The molecule has 0 atom stereocenters. The van der Waals surface area contributed by atoms with Crippen LogP contribution in [0.1, 0.15) is 16.1 Å². The number of carbonyl (C=O) groups is 1. The smallest absolute Gasteiger partial charge is 0.339 e. The molecule has 0 unspecified atom stereocenters. The Kier molecular flexibility index (Phi) is 3.37. The van der Waals surface area contributed by atoms with Crippen molar-refractivity contribution in [1.82, 2.24) is 4.57 Å². The van der Waals surface area contributed by atoms with Gasteiger partial charge in [0.15, 0.2) is 0 Å². The van der Waals surface area contributed by atoms with Crippen molar-refractivity contribution in [1.29, 1.82) is 0 Å². The van der Waals surface area contributed by atoms with Gasteiger partial charge in [-0.1, -0.05) is 0 Å². The zero-order valence-corrected chi connectivity index (χ0v) is 10.6. The zero-order chi connectivity index (χ0) is 13.1. The Labute approximate surface area is 106 Å². The molecule has 0 radical (unpaired) electrons. The molecule has 0 bridgehead atoms. The highest BCUT2D eigenvalue weighted by molar-refractivity contribution is 5.90. The molecule has 0 fully saturated rings. The first kappa shape index (κ1) is 12.2. The standard InChI is InChI=1S/C14H15NO3/c1-10-13(14(16)18-3)8-9-15(10)11-4-6-12(17-2)7-5-11/h4-9H,1-3H3. The monoisotopic (exact) mass is 245 g/mol. The second kappa shape index (κ2) is 4.96. The van der Waals surface area contributed by atoms with E-state index >= 15 is 0 Å². The van der Waals surface area contributed by atoms with Gasteiger partial charge < -0.3 is 14.0 Å². The van der Waals surface area contributed by atoms with Gasteiger partial charge in [0.25, 0.3) is 0 Å². The number of methoxy groups -OCH3 is 2. The highest BCUT2D eigenvalue weighted by atomic mass is 16.5. The van der Waals surface area contributed by atoms with Crippen LogP contribution in [-0.2, 0) is 4.74 Å². The second-order valence-electron chi connectivity index (χ2n) is 3.87. The Bertz CT molecular complexity index is 555. The fourth-order valence-corrected chi connectivity index (χ4v) is 1.86. The number of benzene rings is 1. The van der Waals surface area contributed by atoms with Crippen molar-refractivity contribution in [3.63, 3.8) is 0 Å². The average molecular weight is 245 g/mol. The molecule has 0 aliphatic carbocycles. The van der Waals surface area contributed by atoms with Gasteiger partial charge in [-0.3, -0.25) is 0 Å². The zero-order valence-electron chi connectivity index (χ0n) is 10.6. The molecule has 94 valence electrons. The number of rotatable bonds is 3. The molecule has 4 nitrogen and oxygen atoms in total. The molecule has 0 aliphatic heterocycles. The second-order valence-corrected chi connectivity index (χ2v) is 3.87. The molecular weight excluding hydrogens is 230 g/mol. The third-order valence-electron chi connectivity index (χ3n) is 2.90. The van der Waals surface area contributed by atoms with Crippen molar-refractivity contribution in [3.05, 3.63) is 47.8 Å². The van der Waals surface area contributed by atoms with Crippen molar-refractivity contribution in [2.24, 2.45) is 0 Å². The van der Waals surface area contributed by atoms with E-state index in [2.05, 4.69) is 0 Å². The Balaban J connectivity index is 2.39. The van der Waals surface area contributed by atoms with Crippen LogP contribution in [-0.4, -0.2) is 24.8 Å². The predicted octanol–water partition coefficient (Wildman–Crippen LogP) is 2.58. The molecular formula is C14H15NO3. The first-order chi connectivity index (χ1) is 8.67. The van der Waals surface area contributed by atoms with E-state index in [9.17, 15) is 4.79 Å². The van der Waals surface area contributed by atoms with Gasteiger partial charge in [-0.2, -0.15) is 0 Å². The van der Waals surface area contributed by atoms with Gasteiger partial charge in [0.1, 0.15) is 5.75 Å². The van der Waals surface area contributed by atoms with Crippen LogP contribution in [0.2, 0.25) is 0 Å². The van der Waals surface area contributed by atoms with Crippen LogP contribution >= 0.6 is 0 Å². The number of hydrogen-bond acceptors (Lipinski definition) is 3. The molecule has 0 N–H and O–H groups in total. The van der Waals surface area contributed by atoms with Crippen molar-refractivity contribution in [3.8, 4) is 11.4 Å². The lowest BCUT2D eigenvalue weighted by atomic mass is 10.2. The van der Waals surface area contributed by atoms with Crippen LogP contribution in [0.15, 0.2) is 36.5 Å². The molecule has 2 aromatic rings. The molecule has 0 amide bonds. The van der Waals surface area contributed by atoms with Gasteiger partial charge in [-0.25, -0.2) is 4.79 Å². The van der Waals surface area contributed by atoms with Crippen LogP contribution in [0.3, 0.4) is 0 Å². The van der Waals surface area contributed by atoms with Gasteiger partial charge >= 0.3 is 5.97 Å². The number of ether oxygens (including phenoxy) is 2. The number of hydrogen-bond donors (Lipinski definition) is 0. The first-order valence-corrected chi connectivity index (χ1v) is 5.58.